The van der Waals surface area contributed by atoms with Crippen LogP contribution in [0.5, 0.6) is 0 Å². The van der Waals surface area contributed by atoms with E-state index in [1.165, 1.54) is 0 Å². The van der Waals surface area contributed by atoms with Crippen molar-refractivity contribution in [2.45, 2.75) is 13.3 Å². The number of benzene rings is 2. The Hall–Kier alpha value is -2.68. The van der Waals surface area contributed by atoms with Crippen molar-refractivity contribution < 1.29 is 26.7 Å². The topological polar surface area (TPSA) is 44.7 Å². The molecule has 2 aromatic carbocycles. The first kappa shape index (κ1) is 18.1. The molecule has 2 aromatic rings. The van der Waals surface area contributed by atoms with Crippen molar-refractivity contribution in [2.24, 2.45) is 4.99 Å². The van der Waals surface area contributed by atoms with Gasteiger partial charge in [0, 0.05) is 0 Å². The molecule has 0 radical (unpaired) electrons. The fourth-order valence-corrected chi connectivity index (χ4v) is 2.50. The second kappa shape index (κ2) is 6.56. The highest BCUT2D eigenvalue weighted by atomic mass is 35.5. The number of amides is 1. The van der Waals surface area contributed by atoms with Gasteiger partial charge in [0.25, 0.3) is 5.91 Å². The molecule has 1 aliphatic heterocycles. The van der Waals surface area contributed by atoms with Gasteiger partial charge in [0.1, 0.15) is 11.5 Å². The molecule has 1 aliphatic rings. The summed E-state index contributed by atoms with van der Waals surface area (Å²) in [6.07, 6.45) is -0.441. The van der Waals surface area contributed by atoms with E-state index in [2.05, 4.69) is 10.4 Å². The van der Waals surface area contributed by atoms with Gasteiger partial charge in [-0.05, 0) is 24.6 Å². The van der Waals surface area contributed by atoms with Crippen molar-refractivity contribution in [1.29, 1.82) is 0 Å². The number of rotatable bonds is 2. The van der Waals surface area contributed by atoms with Crippen LogP contribution in [-0.2, 0) is 4.79 Å². The van der Waals surface area contributed by atoms with Crippen LogP contribution in [-0.4, -0.2) is 11.7 Å². The number of hydrazine groups is 1. The monoisotopic (exact) mass is 389 g/mol. The number of hydrogen-bond acceptors (Lipinski definition) is 2. The van der Waals surface area contributed by atoms with Gasteiger partial charge in [-0.25, -0.2) is 32.0 Å². The number of nitrogens with one attached hydrogen (secondary N) is 1. The lowest BCUT2D eigenvalue weighted by molar-refractivity contribution is -0.117. The molecule has 136 valence electrons. The molecule has 1 N–H and O–H groups in total. The van der Waals surface area contributed by atoms with Crippen LogP contribution in [0.15, 0.2) is 23.2 Å². The summed E-state index contributed by atoms with van der Waals surface area (Å²) in [6, 6.07) is 4.89. The largest absolute Gasteiger partial charge is 0.277 e. The van der Waals surface area contributed by atoms with Crippen LogP contribution < -0.4 is 10.4 Å². The van der Waals surface area contributed by atoms with Crippen LogP contribution in [0.3, 0.4) is 0 Å². The molecule has 0 spiro atoms. The van der Waals surface area contributed by atoms with Gasteiger partial charge < -0.3 is 0 Å². The zero-order valence-electron chi connectivity index (χ0n) is 13.0. The van der Waals surface area contributed by atoms with Crippen LogP contribution in [0.2, 0.25) is 5.02 Å². The highest BCUT2D eigenvalue weighted by Gasteiger charge is 2.36. The SMILES string of the molecule is Cc1ccc(Cl)c(N=C2CC(=O)N(c3c(F)c(F)c(F)c(F)c3F)N2)c1. The molecular weight excluding hydrogens is 381 g/mol. The summed E-state index contributed by atoms with van der Waals surface area (Å²) >= 11 is 5.98. The molecule has 4 nitrogen and oxygen atoms in total. The fourth-order valence-electron chi connectivity index (χ4n) is 2.34. The normalized spacial score (nSPS) is 15.7. The van der Waals surface area contributed by atoms with Crippen LogP contribution in [0.1, 0.15) is 12.0 Å². The number of carbonyl (C=O) groups is 1. The zero-order valence-corrected chi connectivity index (χ0v) is 13.8. The Kier molecular flexibility index (Phi) is 4.57. The van der Waals surface area contributed by atoms with Gasteiger partial charge in [0.2, 0.25) is 5.82 Å². The minimum atomic E-state index is -2.31. The number of aliphatic imine (C=N–C) groups is 1. The van der Waals surface area contributed by atoms with E-state index in [9.17, 15) is 26.7 Å². The van der Waals surface area contributed by atoms with Crippen molar-refractivity contribution in [3.63, 3.8) is 0 Å². The second-order valence-electron chi connectivity index (χ2n) is 5.45. The van der Waals surface area contributed by atoms with Gasteiger partial charge >= 0.3 is 0 Å². The van der Waals surface area contributed by atoms with E-state index in [-0.39, 0.29) is 21.6 Å². The Balaban J connectivity index is 2.02. The van der Waals surface area contributed by atoms with Gasteiger partial charge in [-0.2, -0.15) is 0 Å². The zero-order chi connectivity index (χ0) is 19.2. The van der Waals surface area contributed by atoms with Crippen LogP contribution >= 0.6 is 11.6 Å². The van der Waals surface area contributed by atoms with E-state index in [4.69, 9.17) is 11.6 Å². The molecule has 1 saturated heterocycles. The highest BCUT2D eigenvalue weighted by molar-refractivity contribution is 6.33. The van der Waals surface area contributed by atoms with E-state index >= 15 is 0 Å². The first-order chi connectivity index (χ1) is 12.2. The summed E-state index contributed by atoms with van der Waals surface area (Å²) in [7, 11) is 0. The quantitative estimate of drug-likeness (QED) is 0.472. The molecular formula is C16H9ClF5N3O. The second-order valence-corrected chi connectivity index (χ2v) is 5.86. The third kappa shape index (κ3) is 2.98. The highest BCUT2D eigenvalue weighted by Crippen LogP contribution is 2.32. The van der Waals surface area contributed by atoms with Gasteiger partial charge in [0.15, 0.2) is 23.3 Å². The summed E-state index contributed by atoms with van der Waals surface area (Å²) in [5, 5.41) is 0.491. The molecule has 10 heteroatoms. The van der Waals surface area contributed by atoms with Gasteiger partial charge in [-0.1, -0.05) is 17.7 Å². The first-order valence-electron chi connectivity index (χ1n) is 7.15. The summed E-state index contributed by atoms with van der Waals surface area (Å²) < 4.78 is 67.6. The summed E-state index contributed by atoms with van der Waals surface area (Å²) in [6.45, 7) is 1.77. The molecule has 0 aliphatic carbocycles. The Morgan fingerprint density at radius 3 is 2.23 bits per heavy atom. The van der Waals surface area contributed by atoms with Crippen molar-refractivity contribution >= 4 is 34.7 Å². The maximum Gasteiger partial charge on any atom is 0.253 e. The summed E-state index contributed by atoms with van der Waals surface area (Å²) in [5.41, 5.74) is 1.94. The predicted molar refractivity (Wildman–Crippen MR) is 84.8 cm³/mol. The number of carbonyl (C=O) groups excluding carboxylic acids is 1. The Morgan fingerprint density at radius 1 is 1.04 bits per heavy atom. The van der Waals surface area contributed by atoms with E-state index in [0.717, 1.165) is 5.56 Å². The van der Waals surface area contributed by atoms with E-state index in [1.54, 1.807) is 25.1 Å². The van der Waals surface area contributed by atoms with Gasteiger partial charge in [-0.15, -0.1) is 0 Å². The smallest absolute Gasteiger partial charge is 0.253 e. The number of amidine groups is 1. The Bertz CT molecular complexity index is 934. The number of aryl methyl sites for hydroxylation is 1. The van der Waals surface area contributed by atoms with Crippen LogP contribution in [0, 0.1) is 36.0 Å². The minimum absolute atomic E-state index is 0.0635. The molecule has 26 heavy (non-hydrogen) atoms. The van der Waals surface area contributed by atoms with Crippen LogP contribution in [0.25, 0.3) is 0 Å². The summed E-state index contributed by atoms with van der Waals surface area (Å²) in [4.78, 5) is 16.1. The maximum atomic E-state index is 13.9. The third-order valence-corrected chi connectivity index (χ3v) is 3.90. The average Bonchev–Trinajstić information content (AvgIpc) is 2.95. The first-order valence-corrected chi connectivity index (χ1v) is 7.53. The molecule has 1 heterocycles. The lowest BCUT2D eigenvalue weighted by Crippen LogP contribution is -2.38. The van der Waals surface area contributed by atoms with Gasteiger partial charge in [0.05, 0.1) is 17.1 Å². The number of nitrogens with zero attached hydrogens (tertiary/aromatic N) is 2. The molecule has 3 rings (SSSR count). The molecule has 0 unspecified atom stereocenters. The average molecular weight is 390 g/mol. The van der Waals surface area contributed by atoms with Crippen molar-refractivity contribution in [1.82, 2.24) is 5.43 Å². The number of halogens is 6. The Morgan fingerprint density at radius 2 is 1.62 bits per heavy atom. The lowest BCUT2D eigenvalue weighted by atomic mass is 10.2. The molecule has 1 fully saturated rings. The molecule has 0 aromatic heterocycles. The molecule has 0 bridgehead atoms. The number of anilines is 1. The van der Waals surface area contributed by atoms with E-state index in [0.29, 0.717) is 0 Å². The third-order valence-electron chi connectivity index (χ3n) is 3.58. The van der Waals surface area contributed by atoms with E-state index < -0.39 is 47.1 Å². The Labute approximate surface area is 148 Å². The standard InChI is InChI=1S/C16H9ClF5N3O/c1-6-2-3-7(17)8(4-6)23-9-5-10(26)25(24-9)16-14(21)12(19)11(18)13(20)15(16)22/h2-4H,5H2,1H3,(H,23,24). The lowest BCUT2D eigenvalue weighted by Gasteiger charge is -2.18. The van der Waals surface area contributed by atoms with Crippen LogP contribution in [0.4, 0.5) is 33.3 Å². The molecule has 0 atom stereocenters. The summed E-state index contributed by atoms with van der Waals surface area (Å²) in [5.74, 6) is -11.9. The van der Waals surface area contributed by atoms with Crippen molar-refractivity contribution in [3.8, 4) is 0 Å². The van der Waals surface area contributed by atoms with E-state index in [1.807, 2.05) is 0 Å². The van der Waals surface area contributed by atoms with Gasteiger partial charge in [-0.3, -0.25) is 10.2 Å². The fraction of sp³-hybridized carbons (Fsp3) is 0.125. The molecule has 1 amide bonds. The number of hydrogen-bond donors (Lipinski definition) is 1. The van der Waals surface area contributed by atoms with Crippen molar-refractivity contribution in [3.05, 3.63) is 57.9 Å². The maximum absolute atomic E-state index is 13.9. The molecule has 0 saturated carbocycles. The predicted octanol–water partition coefficient (Wildman–Crippen LogP) is 4.32. The minimum Gasteiger partial charge on any atom is -0.277 e. The van der Waals surface area contributed by atoms with Crippen molar-refractivity contribution in [2.75, 3.05) is 5.01 Å².